The maximum atomic E-state index is 12.4. The van der Waals surface area contributed by atoms with Gasteiger partial charge in [0.2, 0.25) is 0 Å². The zero-order valence-corrected chi connectivity index (χ0v) is 16.6. The maximum Gasteiger partial charge on any atom is 0.314 e. The van der Waals surface area contributed by atoms with Crippen molar-refractivity contribution in [2.75, 3.05) is 19.0 Å². The van der Waals surface area contributed by atoms with Crippen LogP contribution in [0.25, 0.3) is 11.1 Å². The molecule has 0 aromatic heterocycles. The molecule has 0 heterocycles. The second-order valence-electron chi connectivity index (χ2n) is 6.66. The molecule has 3 aromatic carbocycles. The number of methoxy groups -OCH3 is 1. The minimum atomic E-state index is -0.732. The third kappa shape index (κ3) is 5.02. The lowest BCUT2D eigenvalue weighted by Crippen LogP contribution is -2.22. The first-order valence-electron chi connectivity index (χ1n) is 9.30. The normalized spacial score (nSPS) is 11.4. The number of anilines is 1. The Labute approximate surface area is 177 Å². The van der Waals surface area contributed by atoms with Gasteiger partial charge in [-0.2, -0.15) is 0 Å². The van der Waals surface area contributed by atoms with Crippen LogP contribution in [0.1, 0.15) is 11.5 Å². The summed E-state index contributed by atoms with van der Waals surface area (Å²) in [4.78, 5) is 33.2. The van der Waals surface area contributed by atoms with Crippen LogP contribution in [0.4, 0.5) is 17.1 Å². The fourth-order valence-corrected chi connectivity index (χ4v) is 3.16. The molecule has 0 saturated carbocycles. The van der Waals surface area contributed by atoms with E-state index in [-0.39, 0.29) is 12.2 Å². The lowest BCUT2D eigenvalue weighted by Gasteiger charge is -2.17. The van der Waals surface area contributed by atoms with Crippen molar-refractivity contribution in [3.05, 3.63) is 98.6 Å². The van der Waals surface area contributed by atoms with Gasteiger partial charge in [-0.15, -0.1) is 0 Å². The molecular weight excluding hydrogens is 402 g/mol. The van der Waals surface area contributed by atoms with Crippen LogP contribution in [0.5, 0.6) is 0 Å². The molecule has 31 heavy (non-hydrogen) atoms. The van der Waals surface area contributed by atoms with Gasteiger partial charge in [0.1, 0.15) is 5.69 Å². The second kappa shape index (κ2) is 9.49. The van der Waals surface area contributed by atoms with E-state index in [1.807, 2.05) is 42.5 Å². The van der Waals surface area contributed by atoms with E-state index in [9.17, 15) is 25.0 Å². The van der Waals surface area contributed by atoms with Crippen molar-refractivity contribution in [1.29, 1.82) is 0 Å². The van der Waals surface area contributed by atoms with Crippen LogP contribution in [0.3, 0.4) is 0 Å². The average Bonchev–Trinajstić information content (AvgIpc) is 2.79. The van der Waals surface area contributed by atoms with E-state index in [1.54, 1.807) is 12.1 Å². The minimum Gasteiger partial charge on any atom is -0.468 e. The summed E-state index contributed by atoms with van der Waals surface area (Å²) < 4.78 is 4.90. The number of hydrogen-bond donors (Lipinski definition) is 1. The van der Waals surface area contributed by atoms with Crippen LogP contribution in [-0.4, -0.2) is 29.5 Å². The Morgan fingerprint density at radius 2 is 1.58 bits per heavy atom. The first-order chi connectivity index (χ1) is 14.9. The molecule has 0 aliphatic carbocycles. The number of nitro groups is 2. The molecule has 1 N–H and O–H groups in total. The molecule has 3 rings (SSSR count). The number of nitrogens with zero attached hydrogens (tertiary/aromatic N) is 2. The average molecular weight is 421 g/mol. The zero-order valence-electron chi connectivity index (χ0n) is 16.6. The van der Waals surface area contributed by atoms with E-state index in [1.165, 1.54) is 13.2 Å². The molecule has 0 saturated heterocycles. The molecule has 0 radical (unpaired) electrons. The Morgan fingerprint density at radius 1 is 0.935 bits per heavy atom. The van der Waals surface area contributed by atoms with Crippen molar-refractivity contribution < 1.29 is 19.4 Å². The molecular formula is C22H19N3O6. The Kier molecular flexibility index (Phi) is 6.56. The van der Waals surface area contributed by atoms with Gasteiger partial charge in [-0.3, -0.25) is 25.0 Å². The molecule has 9 heteroatoms. The summed E-state index contributed by atoms with van der Waals surface area (Å²) >= 11 is 0. The number of rotatable bonds is 8. The standard InChI is InChI=1S/C22H19N3O6/c1-31-22(26)19(17-9-7-16(8-10-17)15-5-3-2-4-6-15)14-23-20-12-11-18(24(27)28)13-21(20)25(29)30/h2-13,19,23H,14H2,1H3/t19-/m1/s1. The van der Waals surface area contributed by atoms with E-state index in [4.69, 9.17) is 4.74 Å². The highest BCUT2D eigenvalue weighted by Gasteiger charge is 2.24. The fraction of sp³-hybridized carbons (Fsp3) is 0.136. The Bertz CT molecular complexity index is 1100. The molecule has 0 aliphatic rings. The number of carbonyl (C=O) groups excluding carboxylic acids is 1. The molecule has 0 aliphatic heterocycles. The van der Waals surface area contributed by atoms with Gasteiger partial charge in [-0.25, -0.2) is 0 Å². The first kappa shape index (κ1) is 21.4. The third-order valence-corrected chi connectivity index (χ3v) is 4.79. The van der Waals surface area contributed by atoms with E-state index in [0.717, 1.165) is 23.3 Å². The molecule has 0 amide bonds. The predicted octanol–water partition coefficient (Wildman–Crippen LogP) is 4.54. The topological polar surface area (TPSA) is 125 Å². The highest BCUT2D eigenvalue weighted by molar-refractivity contribution is 5.80. The molecule has 0 unspecified atom stereocenters. The molecule has 0 spiro atoms. The van der Waals surface area contributed by atoms with Crippen molar-refractivity contribution >= 4 is 23.0 Å². The molecule has 0 fully saturated rings. The summed E-state index contributed by atoms with van der Waals surface area (Å²) in [6.07, 6.45) is 0. The summed E-state index contributed by atoms with van der Waals surface area (Å²) in [5.41, 5.74) is 1.92. The van der Waals surface area contributed by atoms with Gasteiger partial charge in [0.25, 0.3) is 11.4 Å². The van der Waals surface area contributed by atoms with E-state index in [2.05, 4.69) is 5.32 Å². The van der Waals surface area contributed by atoms with E-state index >= 15 is 0 Å². The van der Waals surface area contributed by atoms with Crippen LogP contribution in [0.2, 0.25) is 0 Å². The van der Waals surface area contributed by atoms with E-state index in [0.29, 0.717) is 5.56 Å². The Balaban J connectivity index is 1.84. The Morgan fingerprint density at radius 3 is 2.16 bits per heavy atom. The molecule has 9 nitrogen and oxygen atoms in total. The minimum absolute atomic E-state index is 0.00993. The molecule has 3 aromatic rings. The summed E-state index contributed by atoms with van der Waals surface area (Å²) in [6.45, 7) is 0.00993. The van der Waals surface area contributed by atoms with Crippen LogP contribution >= 0.6 is 0 Å². The first-order valence-corrected chi connectivity index (χ1v) is 9.30. The summed E-state index contributed by atoms with van der Waals surface area (Å²) in [7, 11) is 1.27. The number of nitro benzene ring substituents is 2. The SMILES string of the molecule is COC(=O)[C@H](CNc1ccc([N+](=O)[O-])cc1[N+](=O)[O-])c1ccc(-c2ccccc2)cc1. The van der Waals surface area contributed by atoms with Crippen LogP contribution in [-0.2, 0) is 9.53 Å². The molecule has 158 valence electrons. The number of non-ortho nitro benzene ring substituents is 1. The summed E-state index contributed by atoms with van der Waals surface area (Å²) in [5, 5.41) is 25.1. The van der Waals surface area contributed by atoms with Gasteiger partial charge in [-0.05, 0) is 22.8 Å². The highest BCUT2D eigenvalue weighted by Crippen LogP contribution is 2.30. The predicted molar refractivity (Wildman–Crippen MR) is 115 cm³/mol. The number of hydrogen-bond acceptors (Lipinski definition) is 7. The Hall–Kier alpha value is -4.27. The van der Waals surface area contributed by atoms with Gasteiger partial charge >= 0.3 is 5.97 Å². The lowest BCUT2D eigenvalue weighted by atomic mass is 9.96. The fourth-order valence-electron chi connectivity index (χ4n) is 3.16. The number of benzene rings is 3. The third-order valence-electron chi connectivity index (χ3n) is 4.79. The van der Waals surface area contributed by atoms with Crippen LogP contribution < -0.4 is 5.32 Å². The number of nitrogens with one attached hydrogen (secondary N) is 1. The van der Waals surface area contributed by atoms with Crippen LogP contribution in [0.15, 0.2) is 72.8 Å². The highest BCUT2D eigenvalue weighted by atomic mass is 16.6. The van der Waals surface area contributed by atoms with Crippen molar-refractivity contribution in [3.63, 3.8) is 0 Å². The van der Waals surface area contributed by atoms with Crippen molar-refractivity contribution in [2.24, 2.45) is 0 Å². The van der Waals surface area contributed by atoms with Crippen molar-refractivity contribution in [1.82, 2.24) is 0 Å². The second-order valence-corrected chi connectivity index (χ2v) is 6.66. The number of carbonyl (C=O) groups is 1. The van der Waals surface area contributed by atoms with Crippen molar-refractivity contribution in [3.8, 4) is 11.1 Å². The monoisotopic (exact) mass is 421 g/mol. The zero-order chi connectivity index (χ0) is 22.4. The smallest absolute Gasteiger partial charge is 0.314 e. The van der Waals surface area contributed by atoms with Gasteiger partial charge in [0, 0.05) is 12.6 Å². The van der Waals surface area contributed by atoms with Gasteiger partial charge in [-0.1, -0.05) is 54.6 Å². The lowest BCUT2D eigenvalue weighted by molar-refractivity contribution is -0.393. The van der Waals surface area contributed by atoms with E-state index < -0.39 is 33.1 Å². The molecule has 0 bridgehead atoms. The van der Waals surface area contributed by atoms with Gasteiger partial charge in [0.15, 0.2) is 0 Å². The summed E-state index contributed by atoms with van der Waals surface area (Å²) in [5.74, 6) is -1.24. The van der Waals surface area contributed by atoms with Crippen molar-refractivity contribution in [2.45, 2.75) is 5.92 Å². The van der Waals surface area contributed by atoms with Gasteiger partial charge < -0.3 is 10.1 Å². The number of esters is 1. The summed E-state index contributed by atoms with van der Waals surface area (Å²) in [6, 6.07) is 20.4. The maximum absolute atomic E-state index is 12.4. The molecule has 1 atom stereocenters. The largest absolute Gasteiger partial charge is 0.468 e. The van der Waals surface area contributed by atoms with Crippen LogP contribution in [0, 0.1) is 20.2 Å². The van der Waals surface area contributed by atoms with Gasteiger partial charge in [0.05, 0.1) is 28.9 Å². The quantitative estimate of drug-likeness (QED) is 0.322. The number of ether oxygens (including phenoxy) is 1.